The summed E-state index contributed by atoms with van der Waals surface area (Å²) >= 11 is 6.31. The number of halogens is 1. The minimum atomic E-state index is -0.0775. The van der Waals surface area contributed by atoms with Gasteiger partial charge in [0, 0.05) is 13.2 Å². The molecule has 2 atom stereocenters. The fourth-order valence-electron chi connectivity index (χ4n) is 2.99. The number of imidazole rings is 1. The van der Waals surface area contributed by atoms with E-state index in [4.69, 9.17) is 21.3 Å². The number of para-hydroxylation sites is 1. The highest BCUT2D eigenvalue weighted by Gasteiger charge is 2.19. The molecule has 0 saturated carbocycles. The number of ether oxygens (including phenoxy) is 1. The van der Waals surface area contributed by atoms with Crippen LogP contribution in [0.3, 0.4) is 0 Å². The topological polar surface area (TPSA) is 27.1 Å². The number of fused-ring (bicyclic) bond motifs is 1. The van der Waals surface area contributed by atoms with E-state index in [1.807, 2.05) is 6.92 Å². The van der Waals surface area contributed by atoms with Crippen molar-refractivity contribution in [2.45, 2.75) is 51.1 Å². The van der Waals surface area contributed by atoms with Gasteiger partial charge in [0.1, 0.15) is 5.82 Å². The second-order valence-corrected chi connectivity index (χ2v) is 6.26. The lowest BCUT2D eigenvalue weighted by molar-refractivity contribution is 0.100. The Balaban J connectivity index is 1.94. The fraction of sp³-hybridized carbons (Fsp3) is 0.562. The molecule has 3 nitrogen and oxygen atoms in total. The van der Waals surface area contributed by atoms with Crippen LogP contribution in [0.1, 0.15) is 43.0 Å². The third-order valence-corrected chi connectivity index (χ3v) is 4.26. The molecular weight excluding hydrogens is 272 g/mol. The number of alkyl halides is 1. The van der Waals surface area contributed by atoms with E-state index in [-0.39, 0.29) is 5.38 Å². The number of hydrogen-bond donors (Lipinski definition) is 0. The molecule has 2 aromatic rings. The molecule has 1 fully saturated rings. The van der Waals surface area contributed by atoms with Gasteiger partial charge in [0.2, 0.25) is 0 Å². The first kappa shape index (κ1) is 13.9. The van der Waals surface area contributed by atoms with Crippen LogP contribution in [0, 0.1) is 6.92 Å². The van der Waals surface area contributed by atoms with Crippen molar-refractivity contribution in [3.8, 4) is 0 Å². The molecule has 1 aliphatic rings. The van der Waals surface area contributed by atoms with Crippen molar-refractivity contribution in [1.29, 1.82) is 0 Å². The zero-order valence-corrected chi connectivity index (χ0v) is 12.9. The van der Waals surface area contributed by atoms with Gasteiger partial charge in [-0.2, -0.15) is 0 Å². The molecule has 1 saturated heterocycles. The quantitative estimate of drug-likeness (QED) is 0.789. The molecule has 108 valence electrons. The van der Waals surface area contributed by atoms with Gasteiger partial charge in [-0.25, -0.2) is 4.98 Å². The average Bonchev–Trinajstić information content (AvgIpc) is 3.03. The van der Waals surface area contributed by atoms with Gasteiger partial charge in [-0.3, -0.25) is 0 Å². The molecule has 0 amide bonds. The summed E-state index contributed by atoms with van der Waals surface area (Å²) in [5, 5.41) is -0.0775. The van der Waals surface area contributed by atoms with Gasteiger partial charge in [0.05, 0.1) is 22.5 Å². The third-order valence-electron chi connectivity index (χ3n) is 4.06. The second kappa shape index (κ2) is 5.74. The van der Waals surface area contributed by atoms with Crippen LogP contribution in [0.4, 0.5) is 0 Å². The largest absolute Gasteiger partial charge is 0.378 e. The molecule has 0 radical (unpaired) electrons. The van der Waals surface area contributed by atoms with E-state index >= 15 is 0 Å². The molecule has 0 N–H and O–H groups in total. The summed E-state index contributed by atoms with van der Waals surface area (Å²) in [5.41, 5.74) is 3.46. The molecule has 20 heavy (non-hydrogen) atoms. The minimum absolute atomic E-state index is 0.0775. The summed E-state index contributed by atoms with van der Waals surface area (Å²) < 4.78 is 7.99. The molecule has 4 heteroatoms. The van der Waals surface area contributed by atoms with Crippen LogP contribution in [-0.4, -0.2) is 22.3 Å². The van der Waals surface area contributed by atoms with Gasteiger partial charge < -0.3 is 9.30 Å². The Hall–Kier alpha value is -1.06. The number of aryl methyl sites for hydroxylation is 2. The molecule has 0 aliphatic carbocycles. The number of nitrogens with zero attached hydrogens (tertiary/aromatic N) is 2. The van der Waals surface area contributed by atoms with Crippen LogP contribution in [0.25, 0.3) is 11.0 Å². The Morgan fingerprint density at radius 3 is 3.05 bits per heavy atom. The zero-order valence-electron chi connectivity index (χ0n) is 12.1. The highest BCUT2D eigenvalue weighted by Crippen LogP contribution is 2.27. The first-order valence-corrected chi connectivity index (χ1v) is 7.82. The molecule has 0 bridgehead atoms. The lowest BCUT2D eigenvalue weighted by atomic mass is 10.1. The van der Waals surface area contributed by atoms with E-state index in [1.54, 1.807) is 0 Å². The SMILES string of the molecule is Cc1cccc2c1nc(C(C)Cl)n2CCC1CCCO1. The Labute approximate surface area is 124 Å². The van der Waals surface area contributed by atoms with E-state index in [9.17, 15) is 0 Å². The summed E-state index contributed by atoms with van der Waals surface area (Å²) in [7, 11) is 0. The van der Waals surface area contributed by atoms with Crippen molar-refractivity contribution in [2.75, 3.05) is 6.61 Å². The lowest BCUT2D eigenvalue weighted by Crippen LogP contribution is -2.12. The summed E-state index contributed by atoms with van der Waals surface area (Å²) in [6.45, 7) is 5.92. The van der Waals surface area contributed by atoms with Gasteiger partial charge in [-0.1, -0.05) is 12.1 Å². The molecule has 3 rings (SSSR count). The summed E-state index contributed by atoms with van der Waals surface area (Å²) in [6.07, 6.45) is 3.80. The van der Waals surface area contributed by atoms with Gasteiger partial charge >= 0.3 is 0 Å². The molecule has 1 aromatic carbocycles. The third kappa shape index (κ3) is 2.57. The Morgan fingerprint density at radius 1 is 1.50 bits per heavy atom. The number of hydrogen-bond acceptors (Lipinski definition) is 2. The summed E-state index contributed by atoms with van der Waals surface area (Å²) in [6, 6.07) is 6.32. The lowest BCUT2D eigenvalue weighted by Gasteiger charge is -2.13. The maximum absolute atomic E-state index is 6.31. The molecular formula is C16H21ClN2O. The maximum Gasteiger partial charge on any atom is 0.127 e. The smallest absolute Gasteiger partial charge is 0.127 e. The van der Waals surface area contributed by atoms with E-state index in [2.05, 4.69) is 29.7 Å². The predicted molar refractivity (Wildman–Crippen MR) is 82.3 cm³/mol. The average molecular weight is 293 g/mol. The van der Waals surface area contributed by atoms with Crippen molar-refractivity contribution in [1.82, 2.24) is 9.55 Å². The van der Waals surface area contributed by atoms with Crippen LogP contribution < -0.4 is 0 Å². The maximum atomic E-state index is 6.31. The van der Waals surface area contributed by atoms with E-state index in [0.717, 1.165) is 30.9 Å². The van der Waals surface area contributed by atoms with E-state index in [1.165, 1.54) is 23.9 Å². The molecule has 0 spiro atoms. The van der Waals surface area contributed by atoms with Crippen molar-refractivity contribution in [2.24, 2.45) is 0 Å². The highest BCUT2D eigenvalue weighted by molar-refractivity contribution is 6.20. The summed E-state index contributed by atoms with van der Waals surface area (Å²) in [5.74, 6) is 0.967. The standard InChI is InChI=1S/C16H21ClN2O/c1-11-5-3-7-14-15(11)18-16(12(2)17)19(14)9-8-13-6-4-10-20-13/h3,5,7,12-13H,4,6,8-10H2,1-2H3. The van der Waals surface area contributed by atoms with Crippen molar-refractivity contribution >= 4 is 22.6 Å². The number of rotatable bonds is 4. The van der Waals surface area contributed by atoms with Gasteiger partial charge in [-0.15, -0.1) is 11.6 Å². The first-order valence-electron chi connectivity index (χ1n) is 7.38. The zero-order chi connectivity index (χ0) is 14.1. The summed E-state index contributed by atoms with van der Waals surface area (Å²) in [4.78, 5) is 4.75. The van der Waals surface area contributed by atoms with E-state index < -0.39 is 0 Å². The van der Waals surface area contributed by atoms with E-state index in [0.29, 0.717) is 6.10 Å². The van der Waals surface area contributed by atoms with Gasteiger partial charge in [0.25, 0.3) is 0 Å². The Bertz CT molecular complexity index is 600. The van der Waals surface area contributed by atoms with Crippen molar-refractivity contribution < 1.29 is 4.74 Å². The fourth-order valence-corrected chi connectivity index (χ4v) is 3.16. The minimum Gasteiger partial charge on any atom is -0.378 e. The Morgan fingerprint density at radius 2 is 2.35 bits per heavy atom. The molecule has 2 unspecified atom stereocenters. The van der Waals surface area contributed by atoms with Gasteiger partial charge in [0.15, 0.2) is 0 Å². The Kier molecular flexibility index (Phi) is 3.99. The van der Waals surface area contributed by atoms with Crippen LogP contribution in [0.15, 0.2) is 18.2 Å². The second-order valence-electron chi connectivity index (χ2n) is 5.60. The van der Waals surface area contributed by atoms with Crippen molar-refractivity contribution in [3.63, 3.8) is 0 Å². The van der Waals surface area contributed by atoms with Crippen LogP contribution >= 0.6 is 11.6 Å². The monoisotopic (exact) mass is 292 g/mol. The molecule has 1 aromatic heterocycles. The first-order chi connectivity index (χ1) is 9.66. The predicted octanol–water partition coefficient (Wildman–Crippen LogP) is 4.21. The molecule has 2 heterocycles. The molecule has 1 aliphatic heterocycles. The highest BCUT2D eigenvalue weighted by atomic mass is 35.5. The van der Waals surface area contributed by atoms with Crippen molar-refractivity contribution in [3.05, 3.63) is 29.6 Å². The van der Waals surface area contributed by atoms with Gasteiger partial charge in [-0.05, 0) is 44.7 Å². The number of aromatic nitrogens is 2. The number of benzene rings is 1. The van der Waals surface area contributed by atoms with Crippen LogP contribution in [0.2, 0.25) is 0 Å². The van der Waals surface area contributed by atoms with Crippen LogP contribution in [-0.2, 0) is 11.3 Å². The van der Waals surface area contributed by atoms with Crippen LogP contribution in [0.5, 0.6) is 0 Å². The normalized spacial score (nSPS) is 20.6.